The Balaban J connectivity index is 1.88. The third kappa shape index (κ3) is 4.69. The zero-order valence-electron chi connectivity index (χ0n) is 15.1. The Morgan fingerprint density at radius 1 is 1.12 bits per heavy atom. The molecule has 0 unspecified atom stereocenters. The smallest absolute Gasteiger partial charge is 0.187 e. The normalized spacial score (nSPS) is 15.4. The monoisotopic (exact) mass is 404 g/mol. The van der Waals surface area contributed by atoms with Crippen LogP contribution in [0.15, 0.2) is 23.1 Å². The van der Waals surface area contributed by atoms with Crippen LogP contribution in [-0.4, -0.2) is 21.0 Å². The van der Waals surface area contributed by atoms with Crippen molar-refractivity contribution in [1.82, 2.24) is 15.0 Å². The first-order valence-corrected chi connectivity index (χ1v) is 9.75. The Morgan fingerprint density at radius 3 is 2.60 bits per heavy atom. The number of pyridine rings is 1. The fraction of sp³-hybridized carbons (Fsp3) is 0.526. The number of aryl methyl sites for hydroxylation is 1. The SMILES string of the molecule is Cc1ncc(Oc2cc(Br)ncc2C(C)C)c(NC2CCCCC2)n1. The molecule has 0 atom stereocenters. The average molecular weight is 405 g/mol. The second-order valence-electron chi connectivity index (χ2n) is 6.91. The molecule has 25 heavy (non-hydrogen) atoms. The van der Waals surface area contributed by atoms with Crippen LogP contribution in [0.3, 0.4) is 0 Å². The minimum Gasteiger partial charge on any atom is -0.451 e. The fourth-order valence-electron chi connectivity index (χ4n) is 3.14. The van der Waals surface area contributed by atoms with Gasteiger partial charge in [-0.25, -0.2) is 15.0 Å². The Hall–Kier alpha value is -1.69. The van der Waals surface area contributed by atoms with Gasteiger partial charge in [-0.3, -0.25) is 0 Å². The highest BCUT2D eigenvalue weighted by Gasteiger charge is 2.18. The molecule has 1 aliphatic rings. The highest BCUT2D eigenvalue weighted by molar-refractivity contribution is 9.10. The van der Waals surface area contributed by atoms with Gasteiger partial charge in [0, 0.05) is 23.9 Å². The predicted molar refractivity (Wildman–Crippen MR) is 103 cm³/mol. The van der Waals surface area contributed by atoms with Gasteiger partial charge < -0.3 is 10.1 Å². The van der Waals surface area contributed by atoms with E-state index in [-0.39, 0.29) is 0 Å². The second kappa shape index (κ2) is 8.13. The van der Waals surface area contributed by atoms with E-state index in [1.54, 1.807) is 6.20 Å². The fourth-order valence-corrected chi connectivity index (χ4v) is 3.45. The van der Waals surface area contributed by atoms with Crippen LogP contribution in [0.2, 0.25) is 0 Å². The van der Waals surface area contributed by atoms with Gasteiger partial charge in [-0.2, -0.15) is 0 Å². The quantitative estimate of drug-likeness (QED) is 0.656. The molecule has 0 bridgehead atoms. The Kier molecular flexibility index (Phi) is 5.89. The summed E-state index contributed by atoms with van der Waals surface area (Å²) in [7, 11) is 0. The molecule has 0 amide bonds. The van der Waals surface area contributed by atoms with Crippen molar-refractivity contribution in [2.45, 2.75) is 64.8 Å². The maximum Gasteiger partial charge on any atom is 0.187 e. The third-order valence-corrected chi connectivity index (χ3v) is 4.96. The molecule has 2 heterocycles. The van der Waals surface area contributed by atoms with Crippen LogP contribution in [0.25, 0.3) is 0 Å². The summed E-state index contributed by atoms with van der Waals surface area (Å²) in [6, 6.07) is 2.36. The van der Waals surface area contributed by atoms with Gasteiger partial charge in [0.05, 0.1) is 6.20 Å². The minimum atomic E-state index is 0.316. The number of hydrogen-bond donors (Lipinski definition) is 1. The topological polar surface area (TPSA) is 59.9 Å². The lowest BCUT2D eigenvalue weighted by Crippen LogP contribution is -2.23. The number of aromatic nitrogens is 3. The number of hydrogen-bond acceptors (Lipinski definition) is 5. The number of nitrogens with one attached hydrogen (secondary N) is 1. The first kappa shape index (κ1) is 18.1. The van der Waals surface area contributed by atoms with Crippen molar-refractivity contribution in [1.29, 1.82) is 0 Å². The first-order chi connectivity index (χ1) is 12.0. The molecule has 5 nitrogen and oxygen atoms in total. The van der Waals surface area contributed by atoms with E-state index in [1.165, 1.54) is 32.1 Å². The van der Waals surface area contributed by atoms with Crippen molar-refractivity contribution in [3.8, 4) is 11.5 Å². The molecule has 0 aliphatic heterocycles. The van der Waals surface area contributed by atoms with Gasteiger partial charge in [-0.05, 0) is 41.6 Å². The molecular weight excluding hydrogens is 380 g/mol. The van der Waals surface area contributed by atoms with Gasteiger partial charge >= 0.3 is 0 Å². The van der Waals surface area contributed by atoms with Crippen LogP contribution in [-0.2, 0) is 0 Å². The highest BCUT2D eigenvalue weighted by Crippen LogP contribution is 2.35. The van der Waals surface area contributed by atoms with Crippen molar-refractivity contribution in [2.24, 2.45) is 0 Å². The van der Waals surface area contributed by atoms with Crippen molar-refractivity contribution in [3.63, 3.8) is 0 Å². The van der Waals surface area contributed by atoms with E-state index >= 15 is 0 Å². The lowest BCUT2D eigenvalue weighted by atomic mass is 9.95. The second-order valence-corrected chi connectivity index (χ2v) is 7.72. The molecular formula is C19H25BrN4O. The lowest BCUT2D eigenvalue weighted by molar-refractivity contribution is 0.449. The highest BCUT2D eigenvalue weighted by atomic mass is 79.9. The lowest BCUT2D eigenvalue weighted by Gasteiger charge is -2.24. The van der Waals surface area contributed by atoms with Crippen LogP contribution in [0, 0.1) is 6.92 Å². The Bertz CT molecular complexity index is 729. The predicted octanol–water partition coefficient (Wildman–Crippen LogP) is 5.60. The molecule has 134 valence electrons. The van der Waals surface area contributed by atoms with Gasteiger partial charge in [0.15, 0.2) is 11.6 Å². The van der Waals surface area contributed by atoms with Gasteiger partial charge in [-0.15, -0.1) is 0 Å². The van der Waals surface area contributed by atoms with E-state index in [0.29, 0.717) is 17.7 Å². The van der Waals surface area contributed by atoms with Crippen LogP contribution >= 0.6 is 15.9 Å². The molecule has 3 rings (SSSR count). The number of nitrogens with zero attached hydrogens (tertiary/aromatic N) is 3. The molecule has 1 aliphatic carbocycles. The molecule has 0 aromatic carbocycles. The van der Waals surface area contributed by atoms with Gasteiger partial charge in [0.2, 0.25) is 0 Å². The Morgan fingerprint density at radius 2 is 1.88 bits per heavy atom. The van der Waals surface area contributed by atoms with E-state index in [2.05, 4.69) is 50.0 Å². The van der Waals surface area contributed by atoms with Crippen molar-refractivity contribution < 1.29 is 4.74 Å². The van der Waals surface area contributed by atoms with Crippen molar-refractivity contribution >= 4 is 21.7 Å². The average Bonchev–Trinajstić information content (AvgIpc) is 2.58. The minimum absolute atomic E-state index is 0.316. The van der Waals surface area contributed by atoms with Gasteiger partial charge in [-0.1, -0.05) is 33.1 Å². The van der Waals surface area contributed by atoms with Crippen LogP contribution in [0.1, 0.15) is 63.3 Å². The molecule has 0 saturated heterocycles. The summed E-state index contributed by atoms with van der Waals surface area (Å²) in [6.07, 6.45) is 9.84. The van der Waals surface area contributed by atoms with Crippen LogP contribution in [0.4, 0.5) is 5.82 Å². The summed E-state index contributed by atoms with van der Waals surface area (Å²) < 4.78 is 6.97. The molecule has 2 aromatic rings. The standard InChI is InChI=1S/C19H25BrN4O/c1-12(2)15-10-22-18(20)9-16(15)25-17-11-21-13(3)23-19(17)24-14-7-5-4-6-8-14/h9-12,14H,4-8H2,1-3H3,(H,21,23,24). The van der Waals surface area contributed by atoms with Crippen LogP contribution in [0.5, 0.6) is 11.5 Å². The molecule has 0 spiro atoms. The summed E-state index contributed by atoms with van der Waals surface area (Å²) in [6.45, 7) is 6.16. The number of anilines is 1. The number of rotatable bonds is 5. The van der Waals surface area contributed by atoms with E-state index in [1.807, 2.05) is 19.2 Å². The largest absolute Gasteiger partial charge is 0.451 e. The maximum absolute atomic E-state index is 6.22. The van der Waals surface area contributed by atoms with E-state index in [0.717, 1.165) is 27.6 Å². The summed E-state index contributed by atoms with van der Waals surface area (Å²) in [5.41, 5.74) is 1.06. The molecule has 1 saturated carbocycles. The summed E-state index contributed by atoms with van der Waals surface area (Å²) >= 11 is 3.43. The molecule has 1 fully saturated rings. The summed E-state index contributed by atoms with van der Waals surface area (Å²) in [5.74, 6) is 3.29. The molecule has 1 N–H and O–H groups in total. The number of halogens is 1. The Labute approximate surface area is 157 Å². The van der Waals surface area contributed by atoms with E-state index in [4.69, 9.17) is 4.74 Å². The van der Waals surface area contributed by atoms with E-state index in [9.17, 15) is 0 Å². The zero-order valence-corrected chi connectivity index (χ0v) is 16.6. The zero-order chi connectivity index (χ0) is 17.8. The van der Waals surface area contributed by atoms with E-state index < -0.39 is 0 Å². The summed E-state index contributed by atoms with van der Waals surface area (Å²) in [5, 5.41) is 3.57. The summed E-state index contributed by atoms with van der Waals surface area (Å²) in [4.78, 5) is 13.2. The molecule has 2 aromatic heterocycles. The molecule has 6 heteroatoms. The van der Waals surface area contributed by atoms with Gasteiger partial charge in [0.1, 0.15) is 16.2 Å². The number of ether oxygens (including phenoxy) is 1. The van der Waals surface area contributed by atoms with Crippen molar-refractivity contribution in [2.75, 3.05) is 5.32 Å². The van der Waals surface area contributed by atoms with Gasteiger partial charge in [0.25, 0.3) is 0 Å². The van der Waals surface area contributed by atoms with Crippen LogP contribution < -0.4 is 10.1 Å². The van der Waals surface area contributed by atoms with Crippen molar-refractivity contribution in [3.05, 3.63) is 34.5 Å². The third-order valence-electron chi connectivity index (χ3n) is 4.53. The maximum atomic E-state index is 6.22. The molecule has 0 radical (unpaired) electrons. The first-order valence-electron chi connectivity index (χ1n) is 8.96.